The van der Waals surface area contributed by atoms with Crippen molar-refractivity contribution < 1.29 is 13.6 Å². The molecule has 35 heavy (non-hydrogen) atoms. The molecule has 184 valence electrons. The van der Waals surface area contributed by atoms with Gasteiger partial charge in [0.1, 0.15) is 15.2 Å². The Morgan fingerprint density at radius 1 is 1.09 bits per heavy atom. The molecule has 0 radical (unpaired) electrons. The number of hydrogen-bond donors (Lipinski definition) is 1. The third kappa shape index (κ3) is 4.39. The van der Waals surface area contributed by atoms with Gasteiger partial charge >= 0.3 is 0 Å². The Morgan fingerprint density at radius 2 is 1.86 bits per heavy atom. The van der Waals surface area contributed by atoms with E-state index in [1.54, 1.807) is 6.26 Å². The highest BCUT2D eigenvalue weighted by Crippen LogP contribution is 2.54. The molecular weight excluding hydrogens is 476 g/mol. The Hall–Kier alpha value is -2.35. The summed E-state index contributed by atoms with van der Waals surface area (Å²) in [5.41, 5.74) is 3.62. The Bertz CT molecular complexity index is 1330. The largest absolute Gasteiger partial charge is 0.464 e. The number of fused-ring (bicyclic) bond motifs is 2. The minimum Gasteiger partial charge on any atom is -0.464 e. The number of benzene rings is 2. The first kappa shape index (κ1) is 24.3. The second-order valence-electron chi connectivity index (χ2n) is 9.13. The van der Waals surface area contributed by atoms with E-state index in [0.717, 1.165) is 45.7 Å². The molecule has 5 rings (SSSR count). The van der Waals surface area contributed by atoms with Crippen LogP contribution in [0.3, 0.4) is 0 Å². The Balaban J connectivity index is 1.48. The average Bonchev–Trinajstić information content (AvgIpc) is 3.55. The number of thioether (sulfide) groups is 2. The third-order valence-corrected chi connectivity index (χ3v) is 10.8. The van der Waals surface area contributed by atoms with E-state index < -0.39 is 0 Å². The van der Waals surface area contributed by atoms with Crippen LogP contribution < -0.4 is 10.2 Å². The summed E-state index contributed by atoms with van der Waals surface area (Å²) in [6.45, 7) is 4.29. The van der Waals surface area contributed by atoms with Gasteiger partial charge in [-0.15, -0.1) is 23.5 Å². The van der Waals surface area contributed by atoms with Crippen LogP contribution in [0, 0.1) is 0 Å². The second-order valence-corrected chi connectivity index (χ2v) is 12.1. The second kappa shape index (κ2) is 9.96. The molecule has 0 saturated carbocycles. The highest BCUT2D eigenvalue weighted by Gasteiger charge is 2.44. The fourth-order valence-corrected chi connectivity index (χ4v) is 8.47. The van der Waals surface area contributed by atoms with Crippen molar-refractivity contribution in [3.05, 3.63) is 65.9 Å². The van der Waals surface area contributed by atoms with E-state index in [2.05, 4.69) is 48.5 Å². The van der Waals surface area contributed by atoms with Crippen LogP contribution in [0.4, 0.5) is 5.88 Å². The van der Waals surface area contributed by atoms with Gasteiger partial charge < -0.3 is 19.1 Å². The quantitative estimate of drug-likeness (QED) is 0.260. The number of likely N-dealkylation sites (N-methyl/N-ethyl adjacent to an activating group) is 2. The number of furan rings is 2. The van der Waals surface area contributed by atoms with E-state index in [4.69, 9.17) is 8.83 Å². The molecule has 2 aromatic carbocycles. The number of Topliss-reactive ketones (excluding diaryl/α,β-unsaturated/α-hetero) is 1. The number of nitrogens with one attached hydrogen (secondary N) is 1. The first-order chi connectivity index (χ1) is 17.0. The molecule has 1 fully saturated rings. The molecule has 0 bridgehead atoms. The van der Waals surface area contributed by atoms with Crippen molar-refractivity contribution >= 4 is 57.1 Å². The van der Waals surface area contributed by atoms with Gasteiger partial charge in [0.25, 0.3) is 0 Å². The molecule has 5 nitrogen and oxygen atoms in total. The topological polar surface area (TPSA) is 58.6 Å². The molecule has 2 atom stereocenters. The standard InChI is InChI=1S/C28H32N2O3S2/c1-5-23(29-3)27(31)21-8-7-20-16-26(33-25(20)15-21)30(4)18(2)28(34-13-6-14-35-28)22-10-9-19-11-12-32-24(19)17-22/h7-12,15-18,23,29H,5-6,13-14H2,1-4H3. The first-order valence-corrected chi connectivity index (χ1v) is 14.2. The number of nitrogens with zero attached hydrogens (tertiary/aromatic N) is 1. The van der Waals surface area contributed by atoms with Crippen molar-refractivity contribution in [2.24, 2.45) is 0 Å². The predicted molar refractivity (Wildman–Crippen MR) is 149 cm³/mol. The molecule has 2 aromatic heterocycles. The molecule has 2 unspecified atom stereocenters. The van der Waals surface area contributed by atoms with Gasteiger partial charge in [0.15, 0.2) is 11.7 Å². The van der Waals surface area contributed by atoms with E-state index >= 15 is 0 Å². The zero-order valence-electron chi connectivity index (χ0n) is 20.7. The minimum absolute atomic E-state index is 0.0962. The van der Waals surface area contributed by atoms with E-state index in [1.807, 2.05) is 61.8 Å². The van der Waals surface area contributed by atoms with E-state index in [-0.39, 0.29) is 21.9 Å². The lowest BCUT2D eigenvalue weighted by Crippen LogP contribution is -2.45. The van der Waals surface area contributed by atoms with E-state index in [9.17, 15) is 4.79 Å². The summed E-state index contributed by atoms with van der Waals surface area (Å²) < 4.78 is 11.9. The lowest BCUT2D eigenvalue weighted by atomic mass is 10.0. The normalized spacial score (nSPS) is 17.5. The molecule has 0 amide bonds. The van der Waals surface area contributed by atoms with Gasteiger partial charge in [-0.1, -0.05) is 31.2 Å². The van der Waals surface area contributed by atoms with Crippen LogP contribution in [0.15, 0.2) is 63.6 Å². The summed E-state index contributed by atoms with van der Waals surface area (Å²) in [4.78, 5) is 15.1. The Morgan fingerprint density at radius 3 is 2.60 bits per heavy atom. The van der Waals surface area contributed by atoms with Crippen LogP contribution in [0.1, 0.15) is 42.6 Å². The lowest BCUT2D eigenvalue weighted by Gasteiger charge is -2.44. The lowest BCUT2D eigenvalue weighted by molar-refractivity contribution is 0.0945. The predicted octanol–water partition coefficient (Wildman–Crippen LogP) is 6.91. The maximum Gasteiger partial charge on any atom is 0.196 e. The molecule has 7 heteroatoms. The van der Waals surface area contributed by atoms with Crippen molar-refractivity contribution in [1.29, 1.82) is 0 Å². The summed E-state index contributed by atoms with van der Waals surface area (Å²) >= 11 is 4.03. The van der Waals surface area contributed by atoms with Crippen LogP contribution >= 0.6 is 23.5 Å². The van der Waals surface area contributed by atoms with Gasteiger partial charge in [-0.3, -0.25) is 4.79 Å². The molecule has 1 aliphatic heterocycles. The zero-order valence-corrected chi connectivity index (χ0v) is 22.3. The van der Waals surface area contributed by atoms with Crippen LogP contribution in [-0.4, -0.2) is 43.5 Å². The number of hydrogen-bond acceptors (Lipinski definition) is 7. The number of carbonyl (C=O) groups is 1. The number of carbonyl (C=O) groups excluding carboxylic acids is 1. The molecule has 4 aromatic rings. The smallest absolute Gasteiger partial charge is 0.196 e. The molecule has 1 saturated heterocycles. The summed E-state index contributed by atoms with van der Waals surface area (Å²) in [5.74, 6) is 3.15. The van der Waals surface area contributed by atoms with Crippen molar-refractivity contribution in [1.82, 2.24) is 5.32 Å². The molecule has 3 heterocycles. The van der Waals surface area contributed by atoms with Gasteiger partial charge in [-0.2, -0.15) is 0 Å². The highest BCUT2D eigenvalue weighted by atomic mass is 32.2. The van der Waals surface area contributed by atoms with Crippen molar-refractivity contribution in [3.8, 4) is 0 Å². The van der Waals surface area contributed by atoms with Crippen molar-refractivity contribution in [2.75, 3.05) is 30.5 Å². The Kier molecular flexibility index (Phi) is 6.93. The van der Waals surface area contributed by atoms with Crippen LogP contribution in [-0.2, 0) is 4.08 Å². The summed E-state index contributed by atoms with van der Waals surface area (Å²) in [7, 11) is 3.93. The van der Waals surface area contributed by atoms with Crippen molar-refractivity contribution in [3.63, 3.8) is 0 Å². The van der Waals surface area contributed by atoms with E-state index in [1.165, 1.54) is 12.0 Å². The first-order valence-electron chi connectivity index (χ1n) is 12.2. The molecule has 0 aliphatic carbocycles. The molecule has 0 spiro atoms. The maximum absolute atomic E-state index is 12.9. The van der Waals surface area contributed by atoms with Gasteiger partial charge in [0.05, 0.1) is 18.3 Å². The van der Waals surface area contributed by atoms with Crippen LogP contribution in [0.25, 0.3) is 21.9 Å². The van der Waals surface area contributed by atoms with E-state index in [0.29, 0.717) is 5.56 Å². The molecular formula is C28H32N2O3S2. The van der Waals surface area contributed by atoms with Gasteiger partial charge in [-0.25, -0.2) is 0 Å². The molecule has 1 N–H and O–H groups in total. The zero-order chi connectivity index (χ0) is 24.6. The molecule has 1 aliphatic rings. The fraction of sp³-hybridized carbons (Fsp3) is 0.393. The van der Waals surface area contributed by atoms with Crippen LogP contribution in [0.2, 0.25) is 0 Å². The highest BCUT2D eigenvalue weighted by molar-refractivity contribution is 8.18. The SMILES string of the molecule is CCC(NC)C(=O)c1ccc2cc(N(C)C(C)C3(c4ccc5ccoc5c4)SCCCS3)oc2c1. The van der Waals surface area contributed by atoms with Crippen molar-refractivity contribution in [2.45, 2.75) is 42.9 Å². The summed E-state index contributed by atoms with van der Waals surface area (Å²) in [5, 5.41) is 5.23. The third-order valence-electron chi connectivity index (χ3n) is 7.12. The number of rotatable bonds is 8. The Labute approximate surface area is 215 Å². The van der Waals surface area contributed by atoms with Gasteiger partial charge in [0, 0.05) is 29.4 Å². The fourth-order valence-electron chi connectivity index (χ4n) is 4.88. The average molecular weight is 509 g/mol. The number of ketones is 1. The van der Waals surface area contributed by atoms with Gasteiger partial charge in [0.2, 0.25) is 0 Å². The minimum atomic E-state index is -0.184. The maximum atomic E-state index is 12.9. The summed E-state index contributed by atoms with van der Waals surface area (Å²) in [6, 6.07) is 16.4. The number of anilines is 1. The van der Waals surface area contributed by atoms with Crippen LogP contribution in [0.5, 0.6) is 0 Å². The van der Waals surface area contributed by atoms with Gasteiger partial charge in [-0.05, 0) is 62.1 Å². The summed E-state index contributed by atoms with van der Waals surface area (Å²) in [6.07, 6.45) is 3.71. The monoisotopic (exact) mass is 508 g/mol.